The van der Waals surface area contributed by atoms with E-state index in [1.165, 1.54) is 5.56 Å². The van der Waals surface area contributed by atoms with Crippen molar-refractivity contribution in [3.63, 3.8) is 0 Å². The maximum Gasteiger partial charge on any atom is 0.236 e. The first-order valence-electron chi connectivity index (χ1n) is 6.84. The number of amides is 1. The van der Waals surface area contributed by atoms with Crippen LogP contribution in [0, 0.1) is 6.92 Å². The Bertz CT molecular complexity index is 409. The third-order valence-corrected chi connectivity index (χ3v) is 3.45. The fourth-order valence-electron chi connectivity index (χ4n) is 2.30. The van der Waals surface area contributed by atoms with Crippen molar-refractivity contribution in [1.29, 1.82) is 0 Å². The number of aryl methyl sites for hydroxylation is 1. The molecule has 1 amide bonds. The molecule has 0 unspecified atom stereocenters. The third-order valence-electron chi connectivity index (χ3n) is 3.45. The smallest absolute Gasteiger partial charge is 0.236 e. The molecule has 1 aromatic rings. The van der Waals surface area contributed by atoms with E-state index >= 15 is 0 Å². The monoisotopic (exact) mass is 262 g/mol. The van der Waals surface area contributed by atoms with Crippen molar-refractivity contribution in [2.75, 3.05) is 26.7 Å². The first-order valence-corrected chi connectivity index (χ1v) is 6.84. The van der Waals surface area contributed by atoms with Gasteiger partial charge in [-0.2, -0.15) is 0 Å². The molecule has 1 heterocycles. The van der Waals surface area contributed by atoms with Crippen LogP contribution in [0.2, 0.25) is 0 Å². The van der Waals surface area contributed by atoms with E-state index in [9.17, 15) is 4.79 Å². The van der Waals surface area contributed by atoms with Crippen molar-refractivity contribution in [2.45, 2.75) is 25.9 Å². The zero-order valence-corrected chi connectivity index (χ0v) is 11.7. The number of nitrogens with zero attached hydrogens (tertiary/aromatic N) is 1. The van der Waals surface area contributed by atoms with Gasteiger partial charge in [0.05, 0.1) is 6.54 Å². The van der Waals surface area contributed by atoms with E-state index in [0.29, 0.717) is 6.54 Å². The van der Waals surface area contributed by atoms with Crippen LogP contribution in [-0.2, 0) is 4.79 Å². The zero-order chi connectivity index (χ0) is 13.7. The van der Waals surface area contributed by atoms with E-state index in [-0.39, 0.29) is 12.0 Å². The maximum absolute atomic E-state index is 11.7. The molecule has 0 bridgehead atoms. The summed E-state index contributed by atoms with van der Waals surface area (Å²) >= 11 is 0. The van der Waals surface area contributed by atoms with Gasteiger partial charge in [0, 0.05) is 25.9 Å². The minimum Gasteiger partial charge on any atom is -0.490 e. The number of nitrogens with one attached hydrogen (secondary N) is 1. The Labute approximate surface area is 114 Å². The molecule has 19 heavy (non-hydrogen) atoms. The molecular formula is C15H22N2O2. The molecule has 0 aliphatic carbocycles. The van der Waals surface area contributed by atoms with Gasteiger partial charge in [0.1, 0.15) is 11.9 Å². The first-order chi connectivity index (χ1) is 9.19. The Morgan fingerprint density at radius 1 is 1.32 bits per heavy atom. The number of hydrogen-bond acceptors (Lipinski definition) is 3. The summed E-state index contributed by atoms with van der Waals surface area (Å²) < 4.78 is 5.94. The van der Waals surface area contributed by atoms with Gasteiger partial charge in [-0.05, 0) is 26.1 Å². The molecule has 1 aliphatic rings. The Morgan fingerprint density at radius 3 is 2.53 bits per heavy atom. The molecule has 104 valence electrons. The summed E-state index contributed by atoms with van der Waals surface area (Å²) in [6.45, 7) is 4.06. The highest BCUT2D eigenvalue weighted by Gasteiger charge is 2.23. The molecule has 1 aromatic carbocycles. The summed E-state index contributed by atoms with van der Waals surface area (Å²) in [4.78, 5) is 13.6. The van der Waals surface area contributed by atoms with Gasteiger partial charge >= 0.3 is 0 Å². The van der Waals surface area contributed by atoms with Crippen molar-refractivity contribution in [2.24, 2.45) is 0 Å². The number of carbonyl (C=O) groups excluding carboxylic acids is 1. The Morgan fingerprint density at radius 2 is 1.95 bits per heavy atom. The number of benzene rings is 1. The third kappa shape index (κ3) is 3.96. The second kappa shape index (κ2) is 6.57. The van der Waals surface area contributed by atoms with Crippen LogP contribution in [0.25, 0.3) is 0 Å². The summed E-state index contributed by atoms with van der Waals surface area (Å²) in [6, 6.07) is 8.13. The van der Waals surface area contributed by atoms with Crippen LogP contribution in [-0.4, -0.2) is 43.6 Å². The SMILES string of the molecule is CNCC(=O)N1CCC(Oc2ccc(C)cc2)CC1. The van der Waals surface area contributed by atoms with Crippen molar-refractivity contribution >= 4 is 5.91 Å². The molecule has 1 saturated heterocycles. The van der Waals surface area contributed by atoms with E-state index in [1.807, 2.05) is 17.0 Å². The summed E-state index contributed by atoms with van der Waals surface area (Å²) in [7, 11) is 1.80. The van der Waals surface area contributed by atoms with Gasteiger partial charge in [-0.1, -0.05) is 17.7 Å². The standard InChI is InChI=1S/C15H22N2O2/c1-12-3-5-13(6-4-12)19-14-7-9-17(10-8-14)15(18)11-16-2/h3-6,14,16H,7-11H2,1-2H3. The van der Waals surface area contributed by atoms with E-state index in [4.69, 9.17) is 4.74 Å². The Kier molecular flexibility index (Phi) is 4.80. The average molecular weight is 262 g/mol. The summed E-state index contributed by atoms with van der Waals surface area (Å²) in [5, 5.41) is 2.90. The highest BCUT2D eigenvalue weighted by atomic mass is 16.5. The summed E-state index contributed by atoms with van der Waals surface area (Å²) in [6.07, 6.45) is 2.04. The highest BCUT2D eigenvalue weighted by molar-refractivity contribution is 5.78. The molecule has 4 heteroatoms. The Balaban J connectivity index is 1.80. The molecule has 0 atom stereocenters. The number of carbonyl (C=O) groups is 1. The van der Waals surface area contributed by atoms with Crippen LogP contribution in [0.5, 0.6) is 5.75 Å². The van der Waals surface area contributed by atoms with E-state index in [0.717, 1.165) is 31.7 Å². The van der Waals surface area contributed by atoms with E-state index in [1.54, 1.807) is 7.05 Å². The fourth-order valence-corrected chi connectivity index (χ4v) is 2.30. The van der Waals surface area contributed by atoms with Gasteiger partial charge in [0.25, 0.3) is 0 Å². The normalized spacial score (nSPS) is 16.4. The number of rotatable bonds is 4. The largest absolute Gasteiger partial charge is 0.490 e. The number of hydrogen-bond donors (Lipinski definition) is 1. The van der Waals surface area contributed by atoms with Crippen molar-refractivity contribution in [1.82, 2.24) is 10.2 Å². The highest BCUT2D eigenvalue weighted by Crippen LogP contribution is 2.19. The lowest BCUT2D eigenvalue weighted by molar-refractivity contribution is -0.131. The van der Waals surface area contributed by atoms with Crippen LogP contribution in [0.1, 0.15) is 18.4 Å². The predicted molar refractivity (Wildman–Crippen MR) is 75.3 cm³/mol. The summed E-state index contributed by atoms with van der Waals surface area (Å²) in [5.74, 6) is 1.10. The second-order valence-electron chi connectivity index (χ2n) is 5.04. The molecule has 0 spiro atoms. The topological polar surface area (TPSA) is 41.6 Å². The molecule has 0 radical (unpaired) electrons. The van der Waals surface area contributed by atoms with Crippen LogP contribution in [0.4, 0.5) is 0 Å². The lowest BCUT2D eigenvalue weighted by atomic mass is 10.1. The Hall–Kier alpha value is -1.55. The van der Waals surface area contributed by atoms with E-state index in [2.05, 4.69) is 24.4 Å². The molecule has 1 aliphatic heterocycles. The maximum atomic E-state index is 11.7. The van der Waals surface area contributed by atoms with Gasteiger partial charge in [-0.3, -0.25) is 4.79 Å². The lowest BCUT2D eigenvalue weighted by Gasteiger charge is -2.32. The predicted octanol–water partition coefficient (Wildman–Crippen LogP) is 1.58. The van der Waals surface area contributed by atoms with Crippen LogP contribution < -0.4 is 10.1 Å². The minimum absolute atomic E-state index is 0.177. The molecule has 4 nitrogen and oxygen atoms in total. The van der Waals surface area contributed by atoms with Gasteiger partial charge in [-0.15, -0.1) is 0 Å². The molecule has 0 aromatic heterocycles. The van der Waals surface area contributed by atoms with Crippen molar-refractivity contribution < 1.29 is 9.53 Å². The molecule has 1 N–H and O–H groups in total. The van der Waals surface area contributed by atoms with Crippen molar-refractivity contribution in [3.8, 4) is 5.75 Å². The average Bonchev–Trinajstić information content (AvgIpc) is 2.42. The summed E-state index contributed by atoms with van der Waals surface area (Å²) in [5.41, 5.74) is 1.24. The van der Waals surface area contributed by atoms with Gasteiger partial charge in [0.2, 0.25) is 5.91 Å². The van der Waals surface area contributed by atoms with Gasteiger partial charge in [-0.25, -0.2) is 0 Å². The lowest BCUT2D eigenvalue weighted by Crippen LogP contribution is -2.44. The number of likely N-dealkylation sites (tertiary alicyclic amines) is 1. The first kappa shape index (κ1) is 13.9. The number of likely N-dealkylation sites (N-methyl/N-ethyl adjacent to an activating group) is 1. The van der Waals surface area contributed by atoms with Crippen LogP contribution >= 0.6 is 0 Å². The fraction of sp³-hybridized carbons (Fsp3) is 0.533. The van der Waals surface area contributed by atoms with E-state index < -0.39 is 0 Å². The minimum atomic E-state index is 0.177. The van der Waals surface area contributed by atoms with Gasteiger partial charge < -0.3 is 15.0 Å². The molecule has 1 fully saturated rings. The van der Waals surface area contributed by atoms with Crippen LogP contribution in [0.15, 0.2) is 24.3 Å². The number of ether oxygens (including phenoxy) is 1. The quantitative estimate of drug-likeness (QED) is 0.896. The molecule has 2 rings (SSSR count). The van der Waals surface area contributed by atoms with Crippen LogP contribution in [0.3, 0.4) is 0 Å². The molecular weight excluding hydrogens is 240 g/mol. The molecule has 0 saturated carbocycles. The van der Waals surface area contributed by atoms with Crippen molar-refractivity contribution in [3.05, 3.63) is 29.8 Å². The second-order valence-corrected chi connectivity index (χ2v) is 5.04. The number of piperidine rings is 1. The van der Waals surface area contributed by atoms with Gasteiger partial charge in [0.15, 0.2) is 0 Å². The zero-order valence-electron chi connectivity index (χ0n) is 11.7.